The molecule has 3 N–H and O–H groups in total. The van der Waals surface area contributed by atoms with E-state index >= 15 is 0 Å². The number of hydrogen-bond acceptors (Lipinski definition) is 6. The molecule has 1 aliphatic carbocycles. The van der Waals surface area contributed by atoms with E-state index < -0.39 is 0 Å². The molecule has 2 fully saturated rings. The van der Waals surface area contributed by atoms with Crippen LogP contribution in [0.2, 0.25) is 0 Å². The average Bonchev–Trinajstić information content (AvgIpc) is 3.23. The van der Waals surface area contributed by atoms with Crippen LogP contribution in [-0.4, -0.2) is 45.7 Å². The second-order valence-corrected chi connectivity index (χ2v) is 7.31. The van der Waals surface area contributed by atoms with Crippen LogP contribution in [0.15, 0.2) is 30.6 Å². The maximum absolute atomic E-state index is 6.49. The molecule has 7 nitrogen and oxygen atoms in total. The van der Waals surface area contributed by atoms with Gasteiger partial charge in [-0.3, -0.25) is 0 Å². The predicted octanol–water partition coefficient (Wildman–Crippen LogP) is 2.19. The van der Waals surface area contributed by atoms with Crippen molar-refractivity contribution in [3.8, 4) is 11.4 Å². The maximum atomic E-state index is 6.49. The highest BCUT2D eigenvalue weighted by molar-refractivity contribution is 5.91. The van der Waals surface area contributed by atoms with Crippen LogP contribution < -0.4 is 10.6 Å². The van der Waals surface area contributed by atoms with Crippen LogP contribution in [-0.2, 0) is 10.3 Å². The quantitative estimate of drug-likeness (QED) is 0.752. The SMILES string of the molecule is C[C@@H]1COCCN1c1cc(C2(N)CC2)nc(-c2ccnc3[nH]ccc23)n1. The van der Waals surface area contributed by atoms with Crippen LogP contribution in [0, 0.1) is 0 Å². The van der Waals surface area contributed by atoms with E-state index in [1.165, 1.54) is 0 Å². The fourth-order valence-electron chi connectivity index (χ4n) is 3.57. The number of rotatable bonds is 3. The molecule has 26 heavy (non-hydrogen) atoms. The molecule has 0 unspecified atom stereocenters. The number of nitrogens with two attached hydrogens (primary N) is 1. The molecule has 7 heteroatoms. The van der Waals surface area contributed by atoms with E-state index in [1.807, 2.05) is 18.3 Å². The summed E-state index contributed by atoms with van der Waals surface area (Å²) in [5.74, 6) is 1.64. The third-order valence-corrected chi connectivity index (χ3v) is 5.37. The lowest BCUT2D eigenvalue weighted by Crippen LogP contribution is -2.44. The van der Waals surface area contributed by atoms with Gasteiger partial charge in [-0.05, 0) is 31.9 Å². The standard InChI is InChI=1S/C19H22N6O/c1-12-11-26-9-8-25(12)16-10-15(19(20)4-5-19)23-18(24-16)14-3-7-22-17-13(14)2-6-21-17/h2-3,6-7,10,12H,4-5,8-9,11,20H2,1H3,(H,21,22)/t12-/m1/s1. The number of nitrogens with one attached hydrogen (secondary N) is 1. The van der Waals surface area contributed by atoms with E-state index in [4.69, 9.17) is 20.4 Å². The lowest BCUT2D eigenvalue weighted by Gasteiger charge is -2.34. The summed E-state index contributed by atoms with van der Waals surface area (Å²) in [6.07, 6.45) is 5.62. The number of H-pyrrole nitrogens is 1. The third kappa shape index (κ3) is 2.55. The number of aromatic amines is 1. The summed E-state index contributed by atoms with van der Waals surface area (Å²) in [7, 11) is 0. The van der Waals surface area contributed by atoms with Crippen molar-refractivity contribution < 1.29 is 4.74 Å². The Hall–Kier alpha value is -2.51. The van der Waals surface area contributed by atoms with E-state index in [2.05, 4.69) is 27.9 Å². The van der Waals surface area contributed by atoms with Crippen molar-refractivity contribution in [1.29, 1.82) is 0 Å². The normalized spacial score (nSPS) is 21.9. The molecule has 1 saturated carbocycles. The highest BCUT2D eigenvalue weighted by Crippen LogP contribution is 2.43. The van der Waals surface area contributed by atoms with Crippen molar-refractivity contribution in [3.05, 3.63) is 36.3 Å². The Morgan fingerprint density at radius 1 is 1.31 bits per heavy atom. The van der Waals surface area contributed by atoms with Crippen LogP contribution in [0.25, 0.3) is 22.4 Å². The van der Waals surface area contributed by atoms with Crippen LogP contribution in [0.1, 0.15) is 25.5 Å². The first-order chi connectivity index (χ1) is 12.6. The van der Waals surface area contributed by atoms with E-state index in [0.29, 0.717) is 19.0 Å². The highest BCUT2D eigenvalue weighted by atomic mass is 16.5. The average molecular weight is 350 g/mol. The van der Waals surface area contributed by atoms with Crippen LogP contribution in [0.3, 0.4) is 0 Å². The molecule has 2 aliphatic rings. The molecule has 134 valence electrons. The summed E-state index contributed by atoms with van der Waals surface area (Å²) in [6.45, 7) is 4.40. The Morgan fingerprint density at radius 3 is 3.00 bits per heavy atom. The highest BCUT2D eigenvalue weighted by Gasteiger charge is 2.42. The Labute approximate surface area is 151 Å². The number of ether oxygens (including phenoxy) is 1. The number of nitrogens with zero attached hydrogens (tertiary/aromatic N) is 4. The van der Waals surface area contributed by atoms with Crippen molar-refractivity contribution in [2.45, 2.75) is 31.3 Å². The smallest absolute Gasteiger partial charge is 0.162 e. The number of fused-ring (bicyclic) bond motifs is 1. The van der Waals surface area contributed by atoms with E-state index in [-0.39, 0.29) is 11.6 Å². The topological polar surface area (TPSA) is 93.0 Å². The van der Waals surface area contributed by atoms with Gasteiger partial charge in [0, 0.05) is 36.0 Å². The Bertz CT molecular complexity index is 964. The Balaban J connectivity index is 1.67. The number of pyridine rings is 1. The zero-order valence-corrected chi connectivity index (χ0v) is 14.8. The van der Waals surface area contributed by atoms with Crippen molar-refractivity contribution in [2.24, 2.45) is 5.73 Å². The van der Waals surface area contributed by atoms with Gasteiger partial charge in [-0.25, -0.2) is 15.0 Å². The first-order valence-electron chi connectivity index (χ1n) is 9.09. The molecule has 4 heterocycles. The van der Waals surface area contributed by atoms with Gasteiger partial charge >= 0.3 is 0 Å². The van der Waals surface area contributed by atoms with Gasteiger partial charge in [0.1, 0.15) is 11.5 Å². The summed E-state index contributed by atoms with van der Waals surface area (Å²) in [4.78, 5) is 19.6. The van der Waals surface area contributed by atoms with Crippen LogP contribution >= 0.6 is 0 Å². The first-order valence-corrected chi connectivity index (χ1v) is 9.09. The van der Waals surface area contributed by atoms with Crippen LogP contribution in [0.5, 0.6) is 0 Å². The Morgan fingerprint density at radius 2 is 2.19 bits per heavy atom. The minimum Gasteiger partial charge on any atom is -0.377 e. The molecule has 1 saturated heterocycles. The minimum atomic E-state index is -0.313. The Kier molecular flexibility index (Phi) is 3.48. The summed E-state index contributed by atoms with van der Waals surface area (Å²) in [6, 6.07) is 6.32. The van der Waals surface area contributed by atoms with E-state index in [0.717, 1.165) is 47.5 Å². The largest absolute Gasteiger partial charge is 0.377 e. The molecular weight excluding hydrogens is 328 g/mol. The summed E-state index contributed by atoms with van der Waals surface area (Å²) < 4.78 is 5.58. The van der Waals surface area contributed by atoms with E-state index in [1.54, 1.807) is 6.20 Å². The van der Waals surface area contributed by atoms with Gasteiger partial charge < -0.3 is 20.4 Å². The fourth-order valence-corrected chi connectivity index (χ4v) is 3.57. The van der Waals surface area contributed by atoms with Gasteiger partial charge in [0.15, 0.2) is 5.82 Å². The van der Waals surface area contributed by atoms with Crippen molar-refractivity contribution >= 4 is 16.9 Å². The minimum absolute atomic E-state index is 0.275. The van der Waals surface area contributed by atoms with Gasteiger partial charge in [-0.2, -0.15) is 0 Å². The molecule has 3 aromatic heterocycles. The fraction of sp³-hybridized carbons (Fsp3) is 0.421. The molecule has 1 aliphatic heterocycles. The van der Waals surface area contributed by atoms with Gasteiger partial charge in [0.2, 0.25) is 0 Å². The molecule has 0 radical (unpaired) electrons. The zero-order valence-electron chi connectivity index (χ0n) is 14.8. The second-order valence-electron chi connectivity index (χ2n) is 7.31. The monoisotopic (exact) mass is 350 g/mol. The molecule has 5 rings (SSSR count). The number of aromatic nitrogens is 4. The molecule has 3 aromatic rings. The lowest BCUT2D eigenvalue weighted by molar-refractivity contribution is 0.0985. The van der Waals surface area contributed by atoms with Crippen molar-refractivity contribution in [2.75, 3.05) is 24.7 Å². The predicted molar refractivity (Wildman–Crippen MR) is 99.8 cm³/mol. The zero-order chi connectivity index (χ0) is 17.7. The first kappa shape index (κ1) is 15.7. The third-order valence-electron chi connectivity index (χ3n) is 5.37. The second kappa shape index (κ2) is 5.75. The lowest BCUT2D eigenvalue weighted by atomic mass is 10.1. The van der Waals surface area contributed by atoms with Gasteiger partial charge in [-0.15, -0.1) is 0 Å². The summed E-state index contributed by atoms with van der Waals surface area (Å²) in [5.41, 5.74) is 8.92. The molecular formula is C19H22N6O. The summed E-state index contributed by atoms with van der Waals surface area (Å²) in [5, 5.41) is 1.02. The molecule has 0 bridgehead atoms. The van der Waals surface area contributed by atoms with Crippen LogP contribution in [0.4, 0.5) is 5.82 Å². The number of anilines is 1. The number of hydrogen-bond donors (Lipinski definition) is 2. The van der Waals surface area contributed by atoms with Crippen molar-refractivity contribution in [1.82, 2.24) is 19.9 Å². The van der Waals surface area contributed by atoms with Gasteiger partial charge in [0.25, 0.3) is 0 Å². The maximum Gasteiger partial charge on any atom is 0.162 e. The van der Waals surface area contributed by atoms with E-state index in [9.17, 15) is 0 Å². The molecule has 1 atom stereocenters. The molecule has 0 aromatic carbocycles. The summed E-state index contributed by atoms with van der Waals surface area (Å²) >= 11 is 0. The molecule has 0 spiro atoms. The van der Waals surface area contributed by atoms with Gasteiger partial charge in [-0.1, -0.05) is 0 Å². The van der Waals surface area contributed by atoms with Gasteiger partial charge in [0.05, 0.1) is 30.5 Å². The number of morpholine rings is 1. The molecule has 0 amide bonds. The van der Waals surface area contributed by atoms with Crippen molar-refractivity contribution in [3.63, 3.8) is 0 Å².